The molecule has 28 heavy (non-hydrogen) atoms. The van der Waals surface area contributed by atoms with Crippen LogP contribution in [0, 0.1) is 12.3 Å². The summed E-state index contributed by atoms with van der Waals surface area (Å²) in [7, 11) is 0. The molecule has 0 saturated carbocycles. The van der Waals surface area contributed by atoms with Crippen LogP contribution in [0.15, 0.2) is 30.7 Å². The predicted molar refractivity (Wildman–Crippen MR) is 101 cm³/mol. The molecule has 2 fully saturated rings. The molecular formula is C20H24N6O2. The highest BCUT2D eigenvalue weighted by Crippen LogP contribution is 2.39. The van der Waals surface area contributed by atoms with Gasteiger partial charge in [0.2, 0.25) is 5.91 Å². The molecule has 8 nitrogen and oxygen atoms in total. The Bertz CT molecular complexity index is 857. The van der Waals surface area contributed by atoms with Crippen LogP contribution >= 0.6 is 0 Å². The van der Waals surface area contributed by atoms with Gasteiger partial charge in [-0.3, -0.25) is 19.6 Å². The summed E-state index contributed by atoms with van der Waals surface area (Å²) in [6, 6.07) is 3.42. The van der Waals surface area contributed by atoms with Crippen molar-refractivity contribution in [3.05, 3.63) is 47.8 Å². The number of carbonyl (C=O) groups excluding carboxylic acids is 2. The van der Waals surface area contributed by atoms with Crippen molar-refractivity contribution < 1.29 is 9.59 Å². The molecule has 0 bridgehead atoms. The predicted octanol–water partition coefficient (Wildman–Crippen LogP) is 1.62. The Balaban J connectivity index is 1.48. The van der Waals surface area contributed by atoms with Crippen LogP contribution in [0.25, 0.3) is 0 Å². The van der Waals surface area contributed by atoms with Gasteiger partial charge in [0, 0.05) is 43.9 Å². The van der Waals surface area contributed by atoms with Gasteiger partial charge in [0.15, 0.2) is 5.69 Å². The van der Waals surface area contributed by atoms with Gasteiger partial charge in [-0.15, -0.1) is 5.10 Å². The van der Waals surface area contributed by atoms with Gasteiger partial charge in [-0.1, -0.05) is 0 Å². The molecule has 1 atom stereocenters. The molecule has 2 saturated heterocycles. The van der Waals surface area contributed by atoms with Gasteiger partial charge in [-0.25, -0.2) is 0 Å². The summed E-state index contributed by atoms with van der Waals surface area (Å²) in [5.74, 6) is 0.0606. The van der Waals surface area contributed by atoms with Gasteiger partial charge in [0.1, 0.15) is 0 Å². The van der Waals surface area contributed by atoms with Gasteiger partial charge in [0.05, 0.1) is 24.1 Å². The van der Waals surface area contributed by atoms with Crippen LogP contribution in [0.5, 0.6) is 0 Å². The van der Waals surface area contributed by atoms with Gasteiger partial charge in [-0.05, 0) is 38.3 Å². The highest BCUT2D eigenvalue weighted by atomic mass is 16.2. The van der Waals surface area contributed by atoms with Gasteiger partial charge in [0.25, 0.3) is 5.91 Å². The van der Waals surface area contributed by atoms with Crippen molar-refractivity contribution in [3.63, 3.8) is 0 Å². The molecule has 1 spiro atoms. The normalized spacial score (nSPS) is 22.5. The molecule has 4 heterocycles. The lowest BCUT2D eigenvalue weighted by Crippen LogP contribution is -2.55. The van der Waals surface area contributed by atoms with Gasteiger partial charge < -0.3 is 9.80 Å². The molecule has 146 valence electrons. The average Bonchev–Trinajstić information content (AvgIpc) is 2.73. The van der Waals surface area contributed by atoms with Crippen molar-refractivity contribution in [2.75, 3.05) is 19.6 Å². The summed E-state index contributed by atoms with van der Waals surface area (Å²) >= 11 is 0. The molecule has 2 aromatic rings. The largest absolute Gasteiger partial charge is 0.337 e. The molecule has 2 aliphatic rings. The maximum Gasteiger partial charge on any atom is 0.274 e. The Hall–Kier alpha value is -2.90. The van der Waals surface area contributed by atoms with E-state index >= 15 is 0 Å². The Morgan fingerprint density at radius 2 is 2.11 bits per heavy atom. The lowest BCUT2D eigenvalue weighted by atomic mass is 9.73. The lowest BCUT2D eigenvalue weighted by Gasteiger charge is -2.48. The van der Waals surface area contributed by atoms with Crippen molar-refractivity contribution in [1.82, 2.24) is 30.0 Å². The summed E-state index contributed by atoms with van der Waals surface area (Å²) in [4.78, 5) is 37.7. The maximum atomic E-state index is 12.8. The fourth-order valence-electron chi connectivity index (χ4n) is 4.23. The summed E-state index contributed by atoms with van der Waals surface area (Å²) in [6.45, 7) is 4.36. The minimum atomic E-state index is -0.0833. The SMILES string of the molecule is Cc1cnc(CN2C[C@@]3(CCCN(C(=O)c4cccnn4)C3)CCC2=O)cn1. The number of hydrogen-bond acceptors (Lipinski definition) is 6. The first-order valence-electron chi connectivity index (χ1n) is 9.67. The number of nitrogens with zero attached hydrogens (tertiary/aromatic N) is 6. The molecule has 0 radical (unpaired) electrons. The third-order valence-corrected chi connectivity index (χ3v) is 5.68. The summed E-state index contributed by atoms with van der Waals surface area (Å²) in [5.41, 5.74) is 1.95. The first-order valence-corrected chi connectivity index (χ1v) is 9.67. The molecule has 0 N–H and O–H groups in total. The molecule has 0 aliphatic carbocycles. The quantitative estimate of drug-likeness (QED) is 0.803. The fraction of sp³-hybridized carbons (Fsp3) is 0.500. The summed E-state index contributed by atoms with van der Waals surface area (Å²) in [6.07, 6.45) is 8.28. The molecule has 2 aromatic heterocycles. The zero-order valence-corrected chi connectivity index (χ0v) is 16.0. The lowest BCUT2D eigenvalue weighted by molar-refractivity contribution is -0.139. The molecule has 2 aliphatic heterocycles. The summed E-state index contributed by atoms with van der Waals surface area (Å²) in [5, 5.41) is 7.77. The number of aromatic nitrogens is 4. The van der Waals surface area contributed by atoms with E-state index in [0.29, 0.717) is 38.3 Å². The van der Waals surface area contributed by atoms with E-state index in [1.807, 2.05) is 16.7 Å². The maximum absolute atomic E-state index is 12.8. The van der Waals surface area contributed by atoms with Crippen LogP contribution in [-0.4, -0.2) is 61.4 Å². The number of carbonyl (C=O) groups is 2. The second-order valence-corrected chi connectivity index (χ2v) is 7.84. The van der Waals surface area contributed by atoms with Crippen molar-refractivity contribution >= 4 is 11.8 Å². The second kappa shape index (κ2) is 7.61. The number of piperidine rings is 2. The van der Waals surface area contributed by atoms with E-state index in [-0.39, 0.29) is 17.2 Å². The van der Waals surface area contributed by atoms with Crippen molar-refractivity contribution in [2.24, 2.45) is 5.41 Å². The van der Waals surface area contributed by atoms with Crippen LogP contribution in [-0.2, 0) is 11.3 Å². The second-order valence-electron chi connectivity index (χ2n) is 7.84. The first-order chi connectivity index (χ1) is 13.5. The van der Waals surface area contributed by atoms with E-state index in [1.54, 1.807) is 30.7 Å². The number of hydrogen-bond donors (Lipinski definition) is 0. The molecule has 0 aromatic carbocycles. The number of amides is 2. The van der Waals surface area contributed by atoms with Crippen molar-refractivity contribution in [2.45, 2.75) is 39.2 Å². The fourth-order valence-corrected chi connectivity index (χ4v) is 4.23. The third kappa shape index (κ3) is 3.85. The Morgan fingerprint density at radius 1 is 1.21 bits per heavy atom. The Kier molecular flexibility index (Phi) is 5.02. The smallest absolute Gasteiger partial charge is 0.274 e. The van der Waals surface area contributed by atoms with E-state index in [2.05, 4.69) is 20.2 Å². The van der Waals surface area contributed by atoms with Crippen LogP contribution in [0.4, 0.5) is 0 Å². The number of rotatable bonds is 3. The molecule has 4 rings (SSSR count). The first kappa shape index (κ1) is 18.5. The van der Waals surface area contributed by atoms with Gasteiger partial charge in [-0.2, -0.15) is 5.10 Å². The third-order valence-electron chi connectivity index (χ3n) is 5.68. The van der Waals surface area contributed by atoms with E-state index in [4.69, 9.17) is 0 Å². The molecular weight excluding hydrogens is 356 g/mol. The van der Waals surface area contributed by atoms with E-state index < -0.39 is 0 Å². The number of likely N-dealkylation sites (tertiary alicyclic amines) is 2. The van der Waals surface area contributed by atoms with Crippen LogP contribution in [0.3, 0.4) is 0 Å². The van der Waals surface area contributed by atoms with Crippen LogP contribution in [0.2, 0.25) is 0 Å². The van der Waals surface area contributed by atoms with Crippen LogP contribution < -0.4 is 0 Å². The number of aryl methyl sites for hydroxylation is 1. The highest BCUT2D eigenvalue weighted by molar-refractivity contribution is 5.92. The Labute approximate surface area is 164 Å². The minimum Gasteiger partial charge on any atom is -0.337 e. The van der Waals surface area contributed by atoms with E-state index in [1.165, 1.54) is 0 Å². The molecule has 8 heteroatoms. The van der Waals surface area contributed by atoms with Gasteiger partial charge >= 0.3 is 0 Å². The standard InChI is InChI=1S/C20H24N6O2/c1-15-10-22-16(11-21-15)12-26-14-20(7-5-18(26)27)6-3-9-25(13-20)19(28)17-4-2-8-23-24-17/h2,4,8,10-11H,3,5-7,9,12-14H2,1H3/t20-/m0/s1. The Morgan fingerprint density at radius 3 is 2.86 bits per heavy atom. The van der Waals surface area contributed by atoms with Crippen molar-refractivity contribution in [3.8, 4) is 0 Å². The van der Waals surface area contributed by atoms with Crippen molar-refractivity contribution in [1.29, 1.82) is 0 Å². The van der Waals surface area contributed by atoms with E-state index in [0.717, 1.165) is 30.7 Å². The topological polar surface area (TPSA) is 92.2 Å². The average molecular weight is 380 g/mol. The zero-order chi connectivity index (χ0) is 19.6. The molecule has 2 amide bonds. The highest BCUT2D eigenvalue weighted by Gasteiger charge is 2.43. The summed E-state index contributed by atoms with van der Waals surface area (Å²) < 4.78 is 0. The minimum absolute atomic E-state index is 0.0673. The zero-order valence-electron chi connectivity index (χ0n) is 16.0. The van der Waals surface area contributed by atoms with Crippen LogP contribution in [0.1, 0.15) is 47.6 Å². The monoisotopic (exact) mass is 380 g/mol. The molecule has 0 unspecified atom stereocenters. The van der Waals surface area contributed by atoms with E-state index in [9.17, 15) is 9.59 Å².